The average Bonchev–Trinajstić information content (AvgIpc) is 3.40. The van der Waals surface area contributed by atoms with Crippen LogP contribution in [0.2, 0.25) is 0 Å². The number of para-hydroxylation sites is 1. The molecule has 152 valence electrons. The van der Waals surface area contributed by atoms with E-state index in [0.717, 1.165) is 36.0 Å². The molecule has 3 aromatic rings. The number of rotatable bonds is 6. The molecule has 0 N–H and O–H groups in total. The molecule has 0 saturated carbocycles. The quantitative estimate of drug-likeness (QED) is 0.637. The molecule has 0 spiro atoms. The fourth-order valence-electron chi connectivity index (χ4n) is 4.14. The maximum atomic E-state index is 13.2. The zero-order valence-electron chi connectivity index (χ0n) is 17.0. The van der Waals surface area contributed by atoms with Crippen molar-refractivity contribution < 1.29 is 14.3 Å². The molecule has 1 aliphatic rings. The van der Waals surface area contributed by atoms with Gasteiger partial charge < -0.3 is 14.4 Å². The predicted molar refractivity (Wildman–Crippen MR) is 110 cm³/mol. The van der Waals surface area contributed by atoms with Crippen molar-refractivity contribution in [2.45, 2.75) is 38.3 Å². The van der Waals surface area contributed by atoms with Crippen LogP contribution in [-0.2, 0) is 4.79 Å². The second-order valence-electron chi connectivity index (χ2n) is 7.44. The number of nitrogens with zero attached hydrogens (tertiary/aromatic N) is 4. The minimum Gasteiger partial charge on any atom is -0.493 e. The maximum absolute atomic E-state index is 13.2. The van der Waals surface area contributed by atoms with Crippen LogP contribution in [0, 0.1) is 0 Å². The van der Waals surface area contributed by atoms with E-state index in [2.05, 4.69) is 10.3 Å². The van der Waals surface area contributed by atoms with Gasteiger partial charge in [-0.1, -0.05) is 23.4 Å². The number of ether oxygens (including phenoxy) is 2. The van der Waals surface area contributed by atoms with Crippen molar-refractivity contribution in [1.82, 2.24) is 19.9 Å². The number of methoxy groups -OCH3 is 2. The third kappa shape index (κ3) is 3.64. The monoisotopic (exact) mass is 394 g/mol. The van der Waals surface area contributed by atoms with Gasteiger partial charge in [-0.3, -0.25) is 4.79 Å². The molecule has 1 aromatic heterocycles. The molecule has 1 fully saturated rings. The average molecular weight is 394 g/mol. The first-order valence-electron chi connectivity index (χ1n) is 9.93. The van der Waals surface area contributed by atoms with Crippen molar-refractivity contribution in [3.8, 4) is 11.5 Å². The van der Waals surface area contributed by atoms with Gasteiger partial charge in [0.15, 0.2) is 11.5 Å². The number of aromatic nitrogens is 3. The maximum Gasteiger partial charge on any atom is 0.225 e. The standard InChI is InChI=1S/C22H26N4O3/c1-15(26-19-8-5-4-7-17(19)23-24-26)13-22(27)25-12-6-9-18(25)16-10-11-20(28-2)21(14-16)29-3/h4-5,7-8,10-11,14-15,18H,6,9,12-13H2,1-3H3/t15-,18+/m1/s1. The first-order chi connectivity index (χ1) is 14.1. The van der Waals surface area contributed by atoms with Crippen LogP contribution in [-0.4, -0.2) is 46.6 Å². The van der Waals surface area contributed by atoms with Crippen LogP contribution in [0.5, 0.6) is 11.5 Å². The van der Waals surface area contributed by atoms with Crippen LogP contribution in [0.4, 0.5) is 0 Å². The number of amides is 1. The molecule has 0 bridgehead atoms. The molecular weight excluding hydrogens is 368 g/mol. The van der Waals surface area contributed by atoms with Crippen molar-refractivity contribution >= 4 is 16.9 Å². The number of likely N-dealkylation sites (tertiary alicyclic amines) is 1. The summed E-state index contributed by atoms with van der Waals surface area (Å²) in [7, 11) is 3.25. The highest BCUT2D eigenvalue weighted by Crippen LogP contribution is 2.37. The minimum absolute atomic E-state index is 0.0574. The lowest BCUT2D eigenvalue weighted by molar-refractivity contribution is -0.132. The Hall–Kier alpha value is -3.09. The van der Waals surface area contributed by atoms with Crippen LogP contribution >= 0.6 is 0 Å². The lowest BCUT2D eigenvalue weighted by Crippen LogP contribution is -2.32. The van der Waals surface area contributed by atoms with Gasteiger partial charge in [0.05, 0.1) is 31.8 Å². The Morgan fingerprint density at radius 3 is 2.76 bits per heavy atom. The third-order valence-corrected chi connectivity index (χ3v) is 5.63. The van der Waals surface area contributed by atoms with E-state index in [9.17, 15) is 4.79 Å². The Balaban J connectivity index is 1.52. The highest BCUT2D eigenvalue weighted by molar-refractivity contribution is 5.78. The molecule has 2 atom stereocenters. The number of hydrogen-bond acceptors (Lipinski definition) is 5. The molecule has 2 heterocycles. The summed E-state index contributed by atoms with van der Waals surface area (Å²) in [6.07, 6.45) is 2.32. The molecular formula is C22H26N4O3. The van der Waals surface area contributed by atoms with E-state index in [-0.39, 0.29) is 18.0 Å². The van der Waals surface area contributed by atoms with Crippen LogP contribution < -0.4 is 9.47 Å². The summed E-state index contributed by atoms with van der Waals surface area (Å²) < 4.78 is 12.6. The van der Waals surface area contributed by atoms with Gasteiger partial charge in [-0.15, -0.1) is 5.10 Å². The topological polar surface area (TPSA) is 69.5 Å². The summed E-state index contributed by atoms with van der Waals surface area (Å²) in [4.78, 5) is 15.1. The SMILES string of the molecule is COc1ccc([C@@H]2CCCN2C(=O)C[C@@H](C)n2nnc3ccccc32)cc1OC. The zero-order chi connectivity index (χ0) is 20.4. The molecule has 4 rings (SSSR count). The summed E-state index contributed by atoms with van der Waals surface area (Å²) in [6, 6.07) is 13.7. The molecule has 0 unspecified atom stereocenters. The Labute approximate surface area is 170 Å². The van der Waals surface area contributed by atoms with E-state index in [1.807, 2.05) is 59.0 Å². The Bertz CT molecular complexity index is 1020. The Morgan fingerprint density at radius 1 is 1.17 bits per heavy atom. The van der Waals surface area contributed by atoms with Crippen molar-refractivity contribution in [3.05, 3.63) is 48.0 Å². The number of fused-ring (bicyclic) bond motifs is 1. The van der Waals surface area contributed by atoms with Gasteiger partial charge in [-0.25, -0.2) is 4.68 Å². The molecule has 1 saturated heterocycles. The van der Waals surface area contributed by atoms with E-state index in [1.54, 1.807) is 14.2 Å². The van der Waals surface area contributed by atoms with Gasteiger partial charge in [0.1, 0.15) is 5.52 Å². The van der Waals surface area contributed by atoms with Gasteiger partial charge in [0, 0.05) is 13.0 Å². The molecule has 7 nitrogen and oxygen atoms in total. The van der Waals surface area contributed by atoms with Crippen molar-refractivity contribution in [2.24, 2.45) is 0 Å². The first-order valence-corrected chi connectivity index (χ1v) is 9.93. The first kappa shape index (κ1) is 19.2. The second kappa shape index (κ2) is 8.11. The summed E-state index contributed by atoms with van der Waals surface area (Å²) in [5.74, 6) is 1.51. The summed E-state index contributed by atoms with van der Waals surface area (Å²) in [6.45, 7) is 2.78. The number of carbonyl (C=O) groups excluding carboxylic acids is 1. The van der Waals surface area contributed by atoms with Crippen LogP contribution in [0.15, 0.2) is 42.5 Å². The molecule has 7 heteroatoms. The molecule has 0 aliphatic carbocycles. The van der Waals surface area contributed by atoms with Crippen molar-refractivity contribution in [1.29, 1.82) is 0 Å². The minimum atomic E-state index is -0.0680. The van der Waals surface area contributed by atoms with E-state index in [0.29, 0.717) is 17.9 Å². The smallest absolute Gasteiger partial charge is 0.225 e. The fraction of sp³-hybridized carbons (Fsp3) is 0.409. The van der Waals surface area contributed by atoms with Gasteiger partial charge in [-0.2, -0.15) is 0 Å². The second-order valence-corrected chi connectivity index (χ2v) is 7.44. The Morgan fingerprint density at radius 2 is 1.97 bits per heavy atom. The van der Waals surface area contributed by atoms with Gasteiger partial charge >= 0.3 is 0 Å². The highest BCUT2D eigenvalue weighted by Gasteiger charge is 2.31. The van der Waals surface area contributed by atoms with E-state index < -0.39 is 0 Å². The van der Waals surface area contributed by atoms with E-state index >= 15 is 0 Å². The number of benzene rings is 2. The van der Waals surface area contributed by atoms with Gasteiger partial charge in [0.25, 0.3) is 0 Å². The lowest BCUT2D eigenvalue weighted by Gasteiger charge is -2.27. The Kier molecular flexibility index (Phi) is 5.38. The number of carbonyl (C=O) groups is 1. The van der Waals surface area contributed by atoms with Crippen LogP contribution in [0.1, 0.15) is 43.8 Å². The molecule has 1 aliphatic heterocycles. The molecule has 0 radical (unpaired) electrons. The highest BCUT2D eigenvalue weighted by atomic mass is 16.5. The largest absolute Gasteiger partial charge is 0.493 e. The third-order valence-electron chi connectivity index (χ3n) is 5.63. The summed E-state index contributed by atoms with van der Waals surface area (Å²) in [5.41, 5.74) is 2.87. The lowest BCUT2D eigenvalue weighted by atomic mass is 10.0. The zero-order valence-corrected chi connectivity index (χ0v) is 17.0. The van der Waals surface area contributed by atoms with Crippen LogP contribution in [0.25, 0.3) is 11.0 Å². The summed E-state index contributed by atoms with van der Waals surface area (Å²) in [5, 5.41) is 8.46. The van der Waals surface area contributed by atoms with Crippen molar-refractivity contribution in [3.63, 3.8) is 0 Å². The predicted octanol–water partition coefficient (Wildman–Crippen LogP) is 3.76. The van der Waals surface area contributed by atoms with E-state index in [4.69, 9.17) is 9.47 Å². The summed E-state index contributed by atoms with van der Waals surface area (Å²) >= 11 is 0. The van der Waals surface area contributed by atoms with Crippen molar-refractivity contribution in [2.75, 3.05) is 20.8 Å². The molecule has 1 amide bonds. The van der Waals surface area contributed by atoms with Crippen LogP contribution in [0.3, 0.4) is 0 Å². The normalized spacial score (nSPS) is 17.5. The fourth-order valence-corrected chi connectivity index (χ4v) is 4.14. The van der Waals surface area contributed by atoms with Gasteiger partial charge in [0.2, 0.25) is 5.91 Å². The molecule has 29 heavy (non-hydrogen) atoms. The molecule has 2 aromatic carbocycles. The van der Waals surface area contributed by atoms with Gasteiger partial charge in [-0.05, 0) is 49.6 Å². The van der Waals surface area contributed by atoms with E-state index in [1.165, 1.54) is 0 Å². The number of hydrogen-bond donors (Lipinski definition) is 0.